The highest BCUT2D eigenvalue weighted by molar-refractivity contribution is 6.58. The lowest BCUT2D eigenvalue weighted by Crippen LogP contribution is -2.21. The van der Waals surface area contributed by atoms with E-state index in [1.807, 2.05) is 12.1 Å². The molecule has 1 fully saturated rings. The Kier molecular flexibility index (Phi) is 8.50. The summed E-state index contributed by atoms with van der Waals surface area (Å²) in [6, 6.07) is 12.2. The smallest absolute Gasteiger partial charge is 0.305 e. The fourth-order valence-electron chi connectivity index (χ4n) is 3.71. The second-order valence-electron chi connectivity index (χ2n) is 7.09. The van der Waals surface area contributed by atoms with Gasteiger partial charge in [-0.25, -0.2) is 0 Å². The summed E-state index contributed by atoms with van der Waals surface area (Å²) in [6.07, 6.45) is 8.11. The van der Waals surface area contributed by atoms with Gasteiger partial charge in [-0.05, 0) is 36.5 Å². The quantitative estimate of drug-likeness (QED) is 0.278. The first-order valence-corrected chi connectivity index (χ1v) is 11.9. The van der Waals surface area contributed by atoms with E-state index >= 15 is 0 Å². The van der Waals surface area contributed by atoms with E-state index in [0.717, 1.165) is 12.3 Å². The molecule has 1 aliphatic heterocycles. The molecule has 0 saturated carbocycles. The van der Waals surface area contributed by atoms with Crippen molar-refractivity contribution in [3.05, 3.63) is 42.2 Å². The van der Waals surface area contributed by atoms with Gasteiger partial charge in [0.25, 0.3) is 0 Å². The standard InChI is InChI=1S/C20H30F2OSi/c1-2-3-4-13-24-14-11-18(12-15-24)6-5-17-7-9-19(10-8-17)23-16-20(21)22/h7-10,16,18,24H,2-6,11-15H2,1H3/t18-,24-. The molecule has 2 rings (SSSR count). The number of aryl methyl sites for hydroxylation is 1. The SMILES string of the molecule is CCCCC[Si@H]1CC[C@H](CCc2ccc(OC=C(F)F)cc2)CC1. The topological polar surface area (TPSA) is 9.23 Å². The summed E-state index contributed by atoms with van der Waals surface area (Å²) in [5, 5.41) is 0. The molecule has 1 aliphatic rings. The zero-order valence-corrected chi connectivity index (χ0v) is 15.9. The van der Waals surface area contributed by atoms with E-state index in [2.05, 4.69) is 6.92 Å². The van der Waals surface area contributed by atoms with E-state index in [1.165, 1.54) is 44.1 Å². The minimum atomic E-state index is -1.81. The van der Waals surface area contributed by atoms with Gasteiger partial charge in [0.05, 0.1) is 0 Å². The summed E-state index contributed by atoms with van der Waals surface area (Å²) in [4.78, 5) is 0. The molecule has 0 bridgehead atoms. The summed E-state index contributed by atoms with van der Waals surface area (Å²) >= 11 is 0. The van der Waals surface area contributed by atoms with Crippen LogP contribution in [0.3, 0.4) is 0 Å². The molecular weight excluding hydrogens is 322 g/mol. The summed E-state index contributed by atoms with van der Waals surface area (Å²) < 4.78 is 28.8. The number of halogens is 2. The fourth-order valence-corrected chi connectivity index (χ4v) is 7.33. The molecule has 1 aromatic carbocycles. The maximum atomic E-state index is 12.0. The second kappa shape index (κ2) is 10.6. The Morgan fingerprint density at radius 3 is 2.50 bits per heavy atom. The van der Waals surface area contributed by atoms with Crippen LogP contribution < -0.4 is 4.74 Å². The molecule has 1 aromatic rings. The molecule has 0 unspecified atom stereocenters. The molecule has 0 radical (unpaired) electrons. The monoisotopic (exact) mass is 352 g/mol. The van der Waals surface area contributed by atoms with E-state index in [1.54, 1.807) is 30.3 Å². The highest BCUT2D eigenvalue weighted by Gasteiger charge is 2.21. The molecule has 0 amide bonds. The van der Waals surface area contributed by atoms with Gasteiger partial charge in [0, 0.05) is 8.80 Å². The minimum absolute atomic E-state index is 0.402. The Labute approximate surface area is 146 Å². The van der Waals surface area contributed by atoms with E-state index < -0.39 is 14.9 Å². The first-order chi connectivity index (χ1) is 11.7. The lowest BCUT2D eigenvalue weighted by Gasteiger charge is -2.27. The van der Waals surface area contributed by atoms with Crippen molar-refractivity contribution in [2.45, 2.75) is 70.0 Å². The molecular formula is C20H30F2OSi. The Balaban J connectivity index is 1.66. The lowest BCUT2D eigenvalue weighted by molar-refractivity contribution is 0.365. The molecule has 0 aliphatic carbocycles. The van der Waals surface area contributed by atoms with Crippen molar-refractivity contribution in [3.63, 3.8) is 0 Å². The fraction of sp³-hybridized carbons (Fsp3) is 0.600. The van der Waals surface area contributed by atoms with E-state index in [9.17, 15) is 8.78 Å². The van der Waals surface area contributed by atoms with Crippen LogP contribution in [0.1, 0.15) is 51.0 Å². The number of hydrogen-bond acceptors (Lipinski definition) is 1. The second-order valence-corrected chi connectivity index (χ2v) is 10.6. The van der Waals surface area contributed by atoms with Crippen molar-refractivity contribution < 1.29 is 13.5 Å². The van der Waals surface area contributed by atoms with Crippen molar-refractivity contribution in [2.24, 2.45) is 5.92 Å². The van der Waals surface area contributed by atoms with Crippen molar-refractivity contribution in [1.82, 2.24) is 0 Å². The third-order valence-corrected chi connectivity index (χ3v) is 8.76. The molecule has 1 nitrogen and oxygen atoms in total. The zero-order valence-electron chi connectivity index (χ0n) is 14.8. The van der Waals surface area contributed by atoms with Gasteiger partial charge < -0.3 is 4.74 Å². The summed E-state index contributed by atoms with van der Waals surface area (Å²) in [6.45, 7) is 2.28. The third kappa shape index (κ3) is 7.16. The number of benzene rings is 1. The van der Waals surface area contributed by atoms with Gasteiger partial charge in [0.2, 0.25) is 0 Å². The third-order valence-electron chi connectivity index (χ3n) is 5.23. The van der Waals surface area contributed by atoms with Gasteiger partial charge in [-0.1, -0.05) is 69.3 Å². The summed E-state index contributed by atoms with van der Waals surface area (Å²) in [5.74, 6) is 1.35. The Hall–Kier alpha value is -1.16. The summed E-state index contributed by atoms with van der Waals surface area (Å²) in [5.41, 5.74) is 1.27. The van der Waals surface area contributed by atoms with Gasteiger partial charge in [-0.15, -0.1) is 0 Å². The average molecular weight is 353 g/mol. The van der Waals surface area contributed by atoms with Crippen LogP contribution >= 0.6 is 0 Å². The van der Waals surface area contributed by atoms with Crippen molar-refractivity contribution in [2.75, 3.05) is 0 Å². The van der Waals surface area contributed by atoms with Gasteiger partial charge in [0.15, 0.2) is 6.26 Å². The van der Waals surface area contributed by atoms with Crippen LogP contribution in [0.25, 0.3) is 0 Å². The molecule has 0 aromatic heterocycles. The predicted molar refractivity (Wildman–Crippen MR) is 99.5 cm³/mol. The van der Waals surface area contributed by atoms with Gasteiger partial charge in [-0.3, -0.25) is 0 Å². The summed E-state index contributed by atoms with van der Waals surface area (Å²) in [7, 11) is -0.402. The number of ether oxygens (including phenoxy) is 1. The molecule has 4 heteroatoms. The Morgan fingerprint density at radius 1 is 1.17 bits per heavy atom. The van der Waals surface area contributed by atoms with E-state index in [4.69, 9.17) is 4.74 Å². The van der Waals surface area contributed by atoms with Crippen LogP contribution in [0.5, 0.6) is 5.75 Å². The number of rotatable bonds is 9. The number of hydrogen-bond donors (Lipinski definition) is 0. The normalized spacial score (nSPS) is 20.6. The van der Waals surface area contributed by atoms with Crippen molar-refractivity contribution in [1.29, 1.82) is 0 Å². The Bertz CT molecular complexity index is 489. The molecule has 0 spiro atoms. The van der Waals surface area contributed by atoms with Crippen LogP contribution in [-0.2, 0) is 6.42 Å². The average Bonchev–Trinajstić information content (AvgIpc) is 2.60. The first kappa shape index (κ1) is 19.2. The minimum Gasteiger partial charge on any atom is -0.459 e. The van der Waals surface area contributed by atoms with Gasteiger partial charge in [0.1, 0.15) is 5.75 Å². The largest absolute Gasteiger partial charge is 0.459 e. The van der Waals surface area contributed by atoms with E-state index in [0.29, 0.717) is 12.0 Å². The van der Waals surface area contributed by atoms with Crippen LogP contribution in [-0.4, -0.2) is 8.80 Å². The van der Waals surface area contributed by atoms with E-state index in [-0.39, 0.29) is 0 Å². The first-order valence-electron chi connectivity index (χ1n) is 9.44. The molecule has 1 saturated heterocycles. The van der Waals surface area contributed by atoms with Crippen LogP contribution in [0, 0.1) is 5.92 Å². The van der Waals surface area contributed by atoms with Crippen LogP contribution in [0.15, 0.2) is 36.6 Å². The maximum Gasteiger partial charge on any atom is 0.305 e. The van der Waals surface area contributed by atoms with Gasteiger partial charge in [-0.2, -0.15) is 8.78 Å². The molecule has 24 heavy (non-hydrogen) atoms. The zero-order chi connectivity index (χ0) is 17.2. The van der Waals surface area contributed by atoms with Crippen LogP contribution in [0.4, 0.5) is 8.78 Å². The predicted octanol–water partition coefficient (Wildman–Crippen LogP) is 6.56. The molecule has 1 heterocycles. The highest BCUT2D eigenvalue weighted by Crippen LogP contribution is 2.31. The molecule has 134 valence electrons. The highest BCUT2D eigenvalue weighted by atomic mass is 28.3. The van der Waals surface area contributed by atoms with Crippen LogP contribution in [0.2, 0.25) is 18.1 Å². The molecule has 0 N–H and O–H groups in total. The number of unbranched alkanes of at least 4 members (excludes halogenated alkanes) is 2. The van der Waals surface area contributed by atoms with Crippen molar-refractivity contribution >= 4 is 8.80 Å². The molecule has 0 atom stereocenters. The Morgan fingerprint density at radius 2 is 1.88 bits per heavy atom. The van der Waals surface area contributed by atoms with Crippen molar-refractivity contribution in [3.8, 4) is 5.75 Å². The lowest BCUT2D eigenvalue weighted by atomic mass is 9.94. The van der Waals surface area contributed by atoms with Gasteiger partial charge >= 0.3 is 6.08 Å². The maximum absolute atomic E-state index is 12.0.